The molecule has 0 saturated carbocycles. The summed E-state index contributed by atoms with van der Waals surface area (Å²) in [7, 11) is 0. The van der Waals surface area contributed by atoms with E-state index in [9.17, 15) is 14.9 Å². The Bertz CT molecular complexity index is 1190. The Labute approximate surface area is 195 Å². The number of benzene rings is 1. The third kappa shape index (κ3) is 5.07. The molecule has 0 spiro atoms. The molecular formula is C24H24N4O4S. The molecule has 0 unspecified atom stereocenters. The normalized spacial score (nSPS) is 12.8. The maximum atomic E-state index is 12.6. The minimum Gasteiger partial charge on any atom is -0.480 e. The lowest BCUT2D eigenvalue weighted by Crippen LogP contribution is -2.20. The summed E-state index contributed by atoms with van der Waals surface area (Å²) in [6.07, 6.45) is 6.64. The number of anilines is 1. The molecule has 0 atom stereocenters. The Morgan fingerprint density at radius 3 is 2.76 bits per heavy atom. The number of fused-ring (bicyclic) bond motifs is 1. The molecule has 0 fully saturated rings. The number of aromatic nitrogens is 2. The van der Waals surface area contributed by atoms with Gasteiger partial charge in [0.25, 0.3) is 5.91 Å². The van der Waals surface area contributed by atoms with Crippen LogP contribution in [0, 0.1) is 11.3 Å². The fraction of sp³-hybridized carbons (Fsp3) is 0.333. The van der Waals surface area contributed by atoms with E-state index in [1.54, 1.807) is 13.1 Å². The van der Waals surface area contributed by atoms with Crippen molar-refractivity contribution in [2.75, 3.05) is 18.5 Å². The van der Waals surface area contributed by atoms with Crippen LogP contribution in [-0.4, -0.2) is 34.9 Å². The van der Waals surface area contributed by atoms with Crippen LogP contribution in [0.1, 0.15) is 52.7 Å². The number of nitrogens with one attached hydrogen (secondary N) is 1. The van der Waals surface area contributed by atoms with Crippen molar-refractivity contribution in [2.45, 2.75) is 39.0 Å². The number of carbonyl (C=O) groups is 2. The van der Waals surface area contributed by atoms with Gasteiger partial charge in [0.15, 0.2) is 12.4 Å². The molecule has 9 heteroatoms. The Kier molecular flexibility index (Phi) is 7.05. The molecule has 1 aliphatic carbocycles. The van der Waals surface area contributed by atoms with Crippen LogP contribution in [0.5, 0.6) is 5.75 Å². The molecule has 1 amide bonds. The number of amides is 1. The SMILES string of the molecule is CCOC(=O)c1nn(-c2ccccc2)cc1OCC(=O)Nc1sc2c(c1C#N)CCCCC2. The highest BCUT2D eigenvalue weighted by atomic mass is 32.1. The lowest BCUT2D eigenvalue weighted by atomic mass is 10.1. The highest BCUT2D eigenvalue weighted by Gasteiger charge is 2.23. The molecule has 0 saturated heterocycles. The van der Waals surface area contributed by atoms with E-state index in [-0.39, 0.29) is 24.7 Å². The molecule has 33 heavy (non-hydrogen) atoms. The van der Waals surface area contributed by atoms with Crippen LogP contribution in [0.4, 0.5) is 5.00 Å². The van der Waals surface area contributed by atoms with Crippen LogP contribution in [0.15, 0.2) is 36.5 Å². The van der Waals surface area contributed by atoms with E-state index in [0.717, 1.165) is 43.4 Å². The van der Waals surface area contributed by atoms with E-state index in [2.05, 4.69) is 16.5 Å². The van der Waals surface area contributed by atoms with Gasteiger partial charge in [-0.2, -0.15) is 10.4 Å². The molecule has 4 rings (SSSR count). The number of hydrogen-bond donors (Lipinski definition) is 1. The smallest absolute Gasteiger partial charge is 0.362 e. The van der Waals surface area contributed by atoms with Gasteiger partial charge >= 0.3 is 5.97 Å². The third-order valence-electron chi connectivity index (χ3n) is 5.32. The molecule has 2 heterocycles. The van der Waals surface area contributed by atoms with E-state index in [1.807, 2.05) is 30.3 Å². The van der Waals surface area contributed by atoms with Crippen molar-refractivity contribution in [1.29, 1.82) is 5.26 Å². The van der Waals surface area contributed by atoms with Crippen LogP contribution >= 0.6 is 11.3 Å². The molecular weight excluding hydrogens is 440 g/mol. The molecule has 1 N–H and O–H groups in total. The number of thiophene rings is 1. The number of para-hydroxylation sites is 1. The van der Waals surface area contributed by atoms with Crippen LogP contribution in [0.25, 0.3) is 5.69 Å². The summed E-state index contributed by atoms with van der Waals surface area (Å²) in [4.78, 5) is 26.2. The van der Waals surface area contributed by atoms with Crippen molar-refractivity contribution in [3.63, 3.8) is 0 Å². The Morgan fingerprint density at radius 2 is 2.00 bits per heavy atom. The first kappa shape index (κ1) is 22.6. The standard InChI is InChI=1S/C24H24N4O4S/c1-2-31-24(30)22-19(14-28(27-22)16-9-5-3-6-10-16)32-15-21(29)26-23-18(13-25)17-11-7-4-8-12-20(17)33-23/h3,5-6,9-10,14H,2,4,7-8,11-12,15H2,1H3,(H,26,29). The van der Waals surface area contributed by atoms with E-state index in [4.69, 9.17) is 9.47 Å². The number of aryl methyl sites for hydroxylation is 1. The second-order valence-electron chi connectivity index (χ2n) is 7.56. The average molecular weight is 465 g/mol. The third-order valence-corrected chi connectivity index (χ3v) is 6.52. The first-order chi connectivity index (χ1) is 16.1. The van der Waals surface area contributed by atoms with Gasteiger partial charge in [-0.3, -0.25) is 4.79 Å². The molecule has 1 aliphatic rings. The van der Waals surface area contributed by atoms with E-state index >= 15 is 0 Å². The zero-order valence-corrected chi connectivity index (χ0v) is 19.1. The maximum Gasteiger partial charge on any atom is 0.362 e. The molecule has 0 aliphatic heterocycles. The fourth-order valence-corrected chi connectivity index (χ4v) is 5.03. The second kappa shape index (κ2) is 10.3. The quantitative estimate of drug-likeness (QED) is 0.413. The van der Waals surface area contributed by atoms with E-state index in [1.165, 1.54) is 20.9 Å². The predicted molar refractivity (Wildman–Crippen MR) is 124 cm³/mol. The van der Waals surface area contributed by atoms with Crippen molar-refractivity contribution in [2.24, 2.45) is 0 Å². The number of hydrogen-bond acceptors (Lipinski definition) is 7. The summed E-state index contributed by atoms with van der Waals surface area (Å²) >= 11 is 1.47. The zero-order valence-electron chi connectivity index (χ0n) is 18.3. The first-order valence-electron chi connectivity index (χ1n) is 10.9. The van der Waals surface area contributed by atoms with Gasteiger partial charge in [0.2, 0.25) is 5.69 Å². The van der Waals surface area contributed by atoms with E-state index in [0.29, 0.717) is 10.6 Å². The molecule has 2 aromatic heterocycles. The predicted octanol–water partition coefficient (Wildman–Crippen LogP) is 4.27. The zero-order chi connectivity index (χ0) is 23.2. The fourth-order valence-electron chi connectivity index (χ4n) is 3.77. The van der Waals surface area contributed by atoms with Crippen molar-refractivity contribution in [3.05, 3.63) is 58.2 Å². The van der Waals surface area contributed by atoms with Crippen molar-refractivity contribution in [1.82, 2.24) is 9.78 Å². The maximum absolute atomic E-state index is 12.6. The van der Waals surface area contributed by atoms with Crippen molar-refractivity contribution >= 4 is 28.2 Å². The van der Waals surface area contributed by atoms with Gasteiger partial charge in [0, 0.05) is 4.88 Å². The first-order valence-corrected chi connectivity index (χ1v) is 11.7. The average Bonchev–Trinajstić information content (AvgIpc) is 3.32. The second-order valence-corrected chi connectivity index (χ2v) is 8.66. The summed E-state index contributed by atoms with van der Waals surface area (Å²) in [6, 6.07) is 11.5. The van der Waals surface area contributed by atoms with Gasteiger partial charge in [-0.15, -0.1) is 11.3 Å². The van der Waals surface area contributed by atoms with Crippen molar-refractivity contribution < 1.29 is 19.1 Å². The number of rotatable bonds is 7. The summed E-state index contributed by atoms with van der Waals surface area (Å²) in [5, 5.41) is 17.3. The molecule has 0 bridgehead atoms. The number of carbonyl (C=O) groups excluding carboxylic acids is 2. The number of nitriles is 1. The van der Waals surface area contributed by atoms with E-state index < -0.39 is 11.9 Å². The van der Waals surface area contributed by atoms with Crippen LogP contribution in [0.2, 0.25) is 0 Å². The Morgan fingerprint density at radius 1 is 1.21 bits per heavy atom. The van der Waals surface area contributed by atoms with Gasteiger partial charge < -0.3 is 14.8 Å². The van der Waals surface area contributed by atoms with Gasteiger partial charge in [-0.05, 0) is 50.3 Å². The molecule has 1 aromatic carbocycles. The molecule has 170 valence electrons. The number of nitrogens with zero attached hydrogens (tertiary/aromatic N) is 3. The monoisotopic (exact) mass is 464 g/mol. The number of ether oxygens (including phenoxy) is 2. The minimum atomic E-state index is -0.628. The van der Waals surface area contributed by atoms with Gasteiger partial charge in [-0.25, -0.2) is 9.48 Å². The van der Waals surface area contributed by atoms with Gasteiger partial charge in [0.05, 0.1) is 24.1 Å². The lowest BCUT2D eigenvalue weighted by molar-refractivity contribution is -0.118. The Hall–Kier alpha value is -3.64. The van der Waals surface area contributed by atoms with Crippen LogP contribution in [0.3, 0.4) is 0 Å². The van der Waals surface area contributed by atoms with Crippen molar-refractivity contribution in [3.8, 4) is 17.5 Å². The summed E-state index contributed by atoms with van der Waals surface area (Å²) in [5.41, 5.74) is 2.34. The summed E-state index contributed by atoms with van der Waals surface area (Å²) in [6.45, 7) is 1.56. The lowest BCUT2D eigenvalue weighted by Gasteiger charge is -2.07. The van der Waals surface area contributed by atoms with Gasteiger partial charge in [0.1, 0.15) is 11.1 Å². The Balaban J connectivity index is 1.50. The van der Waals surface area contributed by atoms with Crippen LogP contribution in [-0.2, 0) is 22.4 Å². The van der Waals surface area contributed by atoms with Gasteiger partial charge in [-0.1, -0.05) is 24.6 Å². The summed E-state index contributed by atoms with van der Waals surface area (Å²) in [5.74, 6) is -0.892. The van der Waals surface area contributed by atoms with Crippen LogP contribution < -0.4 is 10.1 Å². The molecule has 8 nitrogen and oxygen atoms in total. The molecule has 0 radical (unpaired) electrons. The highest BCUT2D eigenvalue weighted by molar-refractivity contribution is 7.16. The number of esters is 1. The minimum absolute atomic E-state index is 0.00550. The summed E-state index contributed by atoms with van der Waals surface area (Å²) < 4.78 is 12.2. The largest absolute Gasteiger partial charge is 0.480 e. The topological polar surface area (TPSA) is 106 Å². The molecule has 3 aromatic rings. The highest BCUT2D eigenvalue weighted by Crippen LogP contribution is 2.37.